The number of H-pyrrole nitrogens is 1. The minimum Gasteiger partial charge on any atom is -0.450 e. The van der Waals surface area contributed by atoms with Crippen LogP contribution >= 0.6 is 27.5 Å². The first kappa shape index (κ1) is 17.4. The molecule has 0 fully saturated rings. The van der Waals surface area contributed by atoms with Gasteiger partial charge in [-0.3, -0.25) is 4.90 Å². The Morgan fingerprint density at radius 3 is 2.81 bits per heavy atom. The lowest BCUT2D eigenvalue weighted by molar-refractivity contribution is 0.0932. The van der Waals surface area contributed by atoms with Gasteiger partial charge < -0.3 is 9.72 Å². The first-order valence-electron chi connectivity index (χ1n) is 8.57. The van der Waals surface area contributed by atoms with Crippen LogP contribution in [0.1, 0.15) is 29.8 Å². The van der Waals surface area contributed by atoms with E-state index in [0.29, 0.717) is 18.2 Å². The summed E-state index contributed by atoms with van der Waals surface area (Å²) in [6.45, 7) is 2.79. The van der Waals surface area contributed by atoms with Gasteiger partial charge in [0.2, 0.25) is 0 Å². The maximum absolute atomic E-state index is 12.6. The number of hydrogen-bond acceptors (Lipinski definition) is 2. The van der Waals surface area contributed by atoms with Crippen LogP contribution in [0, 0.1) is 0 Å². The van der Waals surface area contributed by atoms with E-state index in [1.54, 1.807) is 4.90 Å². The normalized spacial score (nSPS) is 16.6. The van der Waals surface area contributed by atoms with Gasteiger partial charge in [0.15, 0.2) is 0 Å². The molecule has 4 nitrogen and oxygen atoms in total. The average Bonchev–Trinajstić information content (AvgIpc) is 3.00. The SMILES string of the molecule is CCOC(=O)N1CCc2c([nH]c3ccc(Br)cc23)C1c1ccc(Cl)cc1. The van der Waals surface area contributed by atoms with E-state index in [1.807, 2.05) is 37.3 Å². The molecule has 0 aliphatic carbocycles. The van der Waals surface area contributed by atoms with Crippen LogP contribution in [0.2, 0.25) is 5.02 Å². The number of amides is 1. The topological polar surface area (TPSA) is 45.3 Å². The van der Waals surface area contributed by atoms with Gasteiger partial charge in [-0.2, -0.15) is 0 Å². The highest BCUT2D eigenvalue weighted by Gasteiger charge is 2.35. The number of carbonyl (C=O) groups excluding carboxylic acids is 1. The molecule has 0 bridgehead atoms. The van der Waals surface area contributed by atoms with Crippen LogP contribution in [-0.2, 0) is 11.2 Å². The molecule has 3 aromatic rings. The van der Waals surface area contributed by atoms with Gasteiger partial charge in [0.1, 0.15) is 6.04 Å². The van der Waals surface area contributed by atoms with Crippen LogP contribution in [-0.4, -0.2) is 29.1 Å². The Morgan fingerprint density at radius 2 is 2.08 bits per heavy atom. The van der Waals surface area contributed by atoms with Crippen molar-refractivity contribution < 1.29 is 9.53 Å². The Hall–Kier alpha value is -1.98. The van der Waals surface area contributed by atoms with Crippen molar-refractivity contribution in [2.45, 2.75) is 19.4 Å². The minimum atomic E-state index is -0.294. The number of fused-ring (bicyclic) bond motifs is 3. The monoisotopic (exact) mass is 432 g/mol. The highest BCUT2D eigenvalue weighted by Crippen LogP contribution is 2.39. The quantitative estimate of drug-likeness (QED) is 0.564. The van der Waals surface area contributed by atoms with Crippen molar-refractivity contribution in [3.8, 4) is 0 Å². The second kappa shape index (κ2) is 6.97. The smallest absolute Gasteiger partial charge is 0.410 e. The number of aromatic amines is 1. The number of rotatable bonds is 2. The number of carbonyl (C=O) groups is 1. The van der Waals surface area contributed by atoms with E-state index in [9.17, 15) is 4.79 Å². The molecule has 0 radical (unpaired) electrons. The third kappa shape index (κ3) is 2.99. The zero-order valence-electron chi connectivity index (χ0n) is 14.3. The molecule has 1 aliphatic heterocycles. The Kier molecular flexibility index (Phi) is 4.67. The van der Waals surface area contributed by atoms with E-state index in [0.717, 1.165) is 27.7 Å². The molecule has 26 heavy (non-hydrogen) atoms. The van der Waals surface area contributed by atoms with Crippen LogP contribution in [0.5, 0.6) is 0 Å². The van der Waals surface area contributed by atoms with E-state index in [2.05, 4.69) is 33.0 Å². The van der Waals surface area contributed by atoms with Crippen LogP contribution in [0.4, 0.5) is 4.79 Å². The second-order valence-corrected chi connectivity index (χ2v) is 7.66. The van der Waals surface area contributed by atoms with Crippen LogP contribution in [0.25, 0.3) is 10.9 Å². The molecule has 134 valence electrons. The van der Waals surface area contributed by atoms with E-state index < -0.39 is 0 Å². The van der Waals surface area contributed by atoms with E-state index in [4.69, 9.17) is 16.3 Å². The molecule has 2 heterocycles. The lowest BCUT2D eigenvalue weighted by atomic mass is 9.93. The predicted octanol–water partition coefficient (Wildman–Crippen LogP) is 5.69. The van der Waals surface area contributed by atoms with Gasteiger partial charge in [-0.25, -0.2) is 4.79 Å². The summed E-state index contributed by atoms with van der Waals surface area (Å²) in [5.74, 6) is 0. The molecule has 0 saturated heterocycles. The molecule has 2 aromatic carbocycles. The van der Waals surface area contributed by atoms with Crippen molar-refractivity contribution in [3.05, 3.63) is 68.8 Å². The molecule has 1 unspecified atom stereocenters. The summed E-state index contributed by atoms with van der Waals surface area (Å²) < 4.78 is 6.35. The van der Waals surface area contributed by atoms with Crippen molar-refractivity contribution in [1.29, 1.82) is 0 Å². The van der Waals surface area contributed by atoms with Gasteiger partial charge >= 0.3 is 6.09 Å². The van der Waals surface area contributed by atoms with Gasteiger partial charge in [0.05, 0.1) is 6.61 Å². The Labute approximate surface area is 165 Å². The summed E-state index contributed by atoms with van der Waals surface area (Å²) in [5, 5.41) is 1.87. The number of hydrogen-bond donors (Lipinski definition) is 1. The van der Waals surface area contributed by atoms with Crippen molar-refractivity contribution in [2.24, 2.45) is 0 Å². The van der Waals surface area contributed by atoms with Crippen LogP contribution in [0.15, 0.2) is 46.9 Å². The first-order valence-corrected chi connectivity index (χ1v) is 9.74. The lowest BCUT2D eigenvalue weighted by Crippen LogP contribution is -2.40. The molecule has 1 amide bonds. The number of nitrogens with one attached hydrogen (secondary N) is 1. The van der Waals surface area contributed by atoms with Crippen molar-refractivity contribution >= 4 is 44.5 Å². The van der Waals surface area contributed by atoms with Gasteiger partial charge in [-0.1, -0.05) is 39.7 Å². The van der Waals surface area contributed by atoms with Crippen LogP contribution < -0.4 is 0 Å². The largest absolute Gasteiger partial charge is 0.450 e. The molecule has 6 heteroatoms. The van der Waals surface area contributed by atoms with Crippen LogP contribution in [0.3, 0.4) is 0 Å². The summed E-state index contributed by atoms with van der Waals surface area (Å²) in [5.41, 5.74) is 4.37. The predicted molar refractivity (Wildman–Crippen MR) is 107 cm³/mol. The number of nitrogens with zero attached hydrogens (tertiary/aromatic N) is 1. The number of aromatic nitrogens is 1. The molecular formula is C20H18BrClN2O2. The molecule has 1 aromatic heterocycles. The number of halogens is 2. The van der Waals surface area contributed by atoms with Crippen molar-refractivity contribution in [3.63, 3.8) is 0 Å². The lowest BCUT2D eigenvalue weighted by Gasteiger charge is -2.35. The van der Waals surface area contributed by atoms with Gasteiger partial charge in [0, 0.05) is 32.6 Å². The second-order valence-electron chi connectivity index (χ2n) is 6.30. The Balaban J connectivity index is 1.88. The molecule has 0 saturated carbocycles. The summed E-state index contributed by atoms with van der Waals surface area (Å²) in [4.78, 5) is 17.9. The van der Waals surface area contributed by atoms with E-state index in [1.165, 1.54) is 10.9 Å². The molecule has 1 atom stereocenters. The summed E-state index contributed by atoms with van der Waals surface area (Å²) in [7, 11) is 0. The third-order valence-corrected chi connectivity index (χ3v) is 5.52. The molecule has 4 rings (SSSR count). The Morgan fingerprint density at radius 1 is 1.31 bits per heavy atom. The fourth-order valence-corrected chi connectivity index (χ4v) is 4.14. The third-order valence-electron chi connectivity index (χ3n) is 4.78. The summed E-state index contributed by atoms with van der Waals surface area (Å²) >= 11 is 9.62. The van der Waals surface area contributed by atoms with Gasteiger partial charge in [0.25, 0.3) is 0 Å². The molecule has 0 spiro atoms. The summed E-state index contributed by atoms with van der Waals surface area (Å²) in [6.07, 6.45) is 0.493. The molecule has 1 aliphatic rings. The maximum Gasteiger partial charge on any atom is 0.410 e. The first-order chi connectivity index (χ1) is 12.6. The minimum absolute atomic E-state index is 0.221. The highest BCUT2D eigenvalue weighted by atomic mass is 79.9. The number of benzene rings is 2. The molecule has 1 N–H and O–H groups in total. The van der Waals surface area contributed by atoms with E-state index in [-0.39, 0.29) is 12.1 Å². The fraction of sp³-hybridized carbons (Fsp3) is 0.250. The fourth-order valence-electron chi connectivity index (χ4n) is 3.66. The van der Waals surface area contributed by atoms with Crippen molar-refractivity contribution in [1.82, 2.24) is 9.88 Å². The standard InChI is InChI=1S/C20H18BrClN2O2/c1-2-26-20(25)24-10-9-15-16-11-13(21)5-8-17(16)23-18(15)19(24)12-3-6-14(22)7-4-12/h3-8,11,19,23H,2,9-10H2,1H3. The Bertz CT molecular complexity index is 968. The average molecular weight is 434 g/mol. The zero-order valence-corrected chi connectivity index (χ0v) is 16.6. The zero-order chi connectivity index (χ0) is 18.3. The van der Waals surface area contributed by atoms with Gasteiger partial charge in [-0.15, -0.1) is 0 Å². The number of ether oxygens (including phenoxy) is 1. The maximum atomic E-state index is 12.6. The van der Waals surface area contributed by atoms with Crippen molar-refractivity contribution in [2.75, 3.05) is 13.2 Å². The highest BCUT2D eigenvalue weighted by molar-refractivity contribution is 9.10. The molecular weight excluding hydrogens is 416 g/mol. The van der Waals surface area contributed by atoms with Gasteiger partial charge in [-0.05, 0) is 54.8 Å². The van der Waals surface area contributed by atoms with E-state index >= 15 is 0 Å². The summed E-state index contributed by atoms with van der Waals surface area (Å²) in [6, 6.07) is 13.6.